The Kier molecular flexibility index (Phi) is 5.15. The molecule has 0 bridgehead atoms. The molecule has 1 aliphatic carbocycles. The predicted molar refractivity (Wildman–Crippen MR) is 103 cm³/mol. The summed E-state index contributed by atoms with van der Waals surface area (Å²) in [4.78, 5) is 15.0. The Balaban J connectivity index is 1.57. The second-order valence-corrected chi connectivity index (χ2v) is 8.16. The molecule has 1 saturated carbocycles. The molecule has 0 spiro atoms. The van der Waals surface area contributed by atoms with E-state index in [4.69, 9.17) is 9.47 Å². The third kappa shape index (κ3) is 3.85. The third-order valence-corrected chi connectivity index (χ3v) is 6.30. The van der Waals surface area contributed by atoms with Gasteiger partial charge in [0.2, 0.25) is 11.9 Å². The molecule has 2 heterocycles. The van der Waals surface area contributed by atoms with Crippen LogP contribution in [-0.2, 0) is 6.54 Å². The summed E-state index contributed by atoms with van der Waals surface area (Å²) >= 11 is 1.32. The zero-order chi connectivity index (χ0) is 18.8. The maximum absolute atomic E-state index is 13.1. The van der Waals surface area contributed by atoms with Crippen LogP contribution < -0.4 is 14.8 Å². The van der Waals surface area contributed by atoms with Gasteiger partial charge >= 0.3 is 6.03 Å². The molecule has 0 unspecified atom stereocenters. The van der Waals surface area contributed by atoms with Gasteiger partial charge in [0.05, 0.1) is 0 Å². The molecule has 0 saturated heterocycles. The summed E-state index contributed by atoms with van der Waals surface area (Å²) in [6, 6.07) is 5.92. The van der Waals surface area contributed by atoms with Gasteiger partial charge in [0, 0.05) is 12.6 Å². The minimum Gasteiger partial charge on any atom is -0.454 e. The second-order valence-electron chi connectivity index (χ2n) is 7.32. The van der Waals surface area contributed by atoms with Crippen molar-refractivity contribution in [2.45, 2.75) is 45.7 Å². The molecule has 1 N–H and O–H groups in total. The summed E-state index contributed by atoms with van der Waals surface area (Å²) in [6.07, 6.45) is 3.37. The van der Waals surface area contributed by atoms with Crippen molar-refractivity contribution < 1.29 is 14.3 Å². The van der Waals surface area contributed by atoms with Crippen LogP contribution in [0.4, 0.5) is 9.93 Å². The van der Waals surface area contributed by atoms with Crippen LogP contribution in [0.1, 0.15) is 38.7 Å². The molecule has 0 radical (unpaired) electrons. The molecular formula is C19H24N4O3S. The van der Waals surface area contributed by atoms with Crippen molar-refractivity contribution in [2.75, 3.05) is 12.1 Å². The van der Waals surface area contributed by atoms with Gasteiger partial charge in [0.25, 0.3) is 0 Å². The molecule has 1 aromatic carbocycles. The van der Waals surface area contributed by atoms with Gasteiger partial charge < -0.3 is 14.4 Å². The molecule has 8 heteroatoms. The fourth-order valence-electron chi connectivity index (χ4n) is 3.96. The first-order valence-corrected chi connectivity index (χ1v) is 10.2. The maximum Gasteiger partial charge on any atom is 0.324 e. The number of fused-ring (bicyclic) bond motifs is 1. The van der Waals surface area contributed by atoms with Gasteiger partial charge in [-0.15, -0.1) is 10.2 Å². The number of urea groups is 1. The average Bonchev–Trinajstić information content (AvgIpc) is 3.33. The molecule has 1 aliphatic heterocycles. The maximum atomic E-state index is 13.1. The Bertz CT molecular complexity index is 798. The highest BCUT2D eigenvalue weighted by atomic mass is 32.1. The Morgan fingerprint density at radius 2 is 2.15 bits per heavy atom. The molecule has 2 aliphatic rings. The molecule has 1 aromatic heterocycles. The lowest BCUT2D eigenvalue weighted by atomic mass is 9.77. The summed E-state index contributed by atoms with van der Waals surface area (Å²) in [7, 11) is 0. The van der Waals surface area contributed by atoms with Crippen molar-refractivity contribution in [3.8, 4) is 11.5 Å². The van der Waals surface area contributed by atoms with E-state index in [1.807, 2.05) is 23.1 Å². The van der Waals surface area contributed by atoms with Crippen molar-refractivity contribution in [3.05, 3.63) is 29.3 Å². The van der Waals surface area contributed by atoms with E-state index in [9.17, 15) is 4.79 Å². The van der Waals surface area contributed by atoms with Crippen LogP contribution in [0.2, 0.25) is 0 Å². The number of hydrogen-bond acceptors (Lipinski definition) is 6. The quantitative estimate of drug-likeness (QED) is 0.852. The van der Waals surface area contributed by atoms with Gasteiger partial charge in [-0.3, -0.25) is 5.32 Å². The van der Waals surface area contributed by atoms with E-state index in [1.165, 1.54) is 17.8 Å². The molecule has 2 amide bonds. The van der Waals surface area contributed by atoms with E-state index in [0.29, 0.717) is 23.5 Å². The Labute approximate surface area is 162 Å². The van der Waals surface area contributed by atoms with Crippen LogP contribution in [0, 0.1) is 11.8 Å². The zero-order valence-electron chi connectivity index (χ0n) is 15.6. The molecule has 3 atom stereocenters. The SMILES string of the molecule is C[C@@H]1[C@H](C)CCC[C@@H]1N(Cc1ccc2c(c1)OCO2)C(=O)Nc1nncs1. The van der Waals surface area contributed by atoms with Crippen LogP contribution in [0.3, 0.4) is 0 Å². The minimum absolute atomic E-state index is 0.129. The monoisotopic (exact) mass is 388 g/mol. The van der Waals surface area contributed by atoms with Gasteiger partial charge in [-0.25, -0.2) is 4.79 Å². The minimum atomic E-state index is -0.129. The smallest absolute Gasteiger partial charge is 0.324 e. The third-order valence-electron chi connectivity index (χ3n) is 5.69. The second kappa shape index (κ2) is 7.72. The van der Waals surface area contributed by atoms with Crippen LogP contribution >= 0.6 is 11.3 Å². The molecular weight excluding hydrogens is 364 g/mol. The van der Waals surface area contributed by atoms with Gasteiger partial charge in [0.15, 0.2) is 11.5 Å². The summed E-state index contributed by atoms with van der Waals surface area (Å²) < 4.78 is 10.9. The van der Waals surface area contributed by atoms with E-state index >= 15 is 0 Å². The Morgan fingerprint density at radius 1 is 1.30 bits per heavy atom. The van der Waals surface area contributed by atoms with Crippen molar-refractivity contribution in [1.82, 2.24) is 15.1 Å². The van der Waals surface area contributed by atoms with Crippen LogP contribution in [-0.4, -0.2) is 34.0 Å². The summed E-state index contributed by atoms with van der Waals surface area (Å²) in [5, 5.41) is 11.2. The zero-order valence-corrected chi connectivity index (χ0v) is 16.4. The first-order valence-electron chi connectivity index (χ1n) is 9.34. The van der Waals surface area contributed by atoms with E-state index in [2.05, 4.69) is 29.4 Å². The van der Waals surface area contributed by atoms with Crippen molar-refractivity contribution in [2.24, 2.45) is 11.8 Å². The fraction of sp³-hybridized carbons (Fsp3) is 0.526. The lowest BCUT2D eigenvalue weighted by Crippen LogP contribution is -2.48. The number of ether oxygens (including phenoxy) is 2. The van der Waals surface area contributed by atoms with Gasteiger partial charge in [0.1, 0.15) is 5.51 Å². The largest absolute Gasteiger partial charge is 0.454 e. The summed E-state index contributed by atoms with van der Waals surface area (Å²) in [5.41, 5.74) is 2.64. The van der Waals surface area contributed by atoms with Gasteiger partial charge in [-0.05, 0) is 36.0 Å². The molecule has 2 aromatic rings. The molecule has 1 fully saturated rings. The van der Waals surface area contributed by atoms with E-state index in [-0.39, 0.29) is 18.9 Å². The van der Waals surface area contributed by atoms with E-state index in [0.717, 1.165) is 29.9 Å². The number of hydrogen-bond donors (Lipinski definition) is 1. The number of benzene rings is 1. The number of carbonyl (C=O) groups is 1. The molecule has 144 valence electrons. The average molecular weight is 388 g/mol. The first-order chi connectivity index (χ1) is 13.1. The van der Waals surface area contributed by atoms with E-state index < -0.39 is 0 Å². The molecule has 4 rings (SSSR count). The Hall–Kier alpha value is -2.35. The van der Waals surface area contributed by atoms with Gasteiger partial charge in [-0.1, -0.05) is 44.1 Å². The predicted octanol–water partition coefficient (Wildman–Crippen LogP) is 4.13. The van der Waals surface area contributed by atoms with Crippen molar-refractivity contribution in [1.29, 1.82) is 0 Å². The highest BCUT2D eigenvalue weighted by molar-refractivity contribution is 7.13. The topological polar surface area (TPSA) is 76.6 Å². The van der Waals surface area contributed by atoms with Crippen LogP contribution in [0.5, 0.6) is 11.5 Å². The highest BCUT2D eigenvalue weighted by Gasteiger charge is 2.34. The van der Waals surface area contributed by atoms with Gasteiger partial charge in [-0.2, -0.15) is 0 Å². The lowest BCUT2D eigenvalue weighted by molar-refractivity contribution is 0.102. The standard InChI is InChI=1S/C19H24N4O3S/c1-12-4-3-5-15(13(12)2)23(19(24)21-18-22-20-10-27-18)9-14-6-7-16-17(8-14)26-11-25-16/h6-8,10,12-13,15H,3-5,9,11H2,1-2H3,(H,21,22,24)/t12-,13-,15+/m1/s1. The normalized spacial score (nSPS) is 23.9. The van der Waals surface area contributed by atoms with Crippen molar-refractivity contribution >= 4 is 22.5 Å². The van der Waals surface area contributed by atoms with Crippen LogP contribution in [0.25, 0.3) is 0 Å². The number of aromatic nitrogens is 2. The number of anilines is 1. The van der Waals surface area contributed by atoms with E-state index in [1.54, 1.807) is 5.51 Å². The number of carbonyl (C=O) groups excluding carboxylic acids is 1. The fourth-order valence-corrected chi connectivity index (χ4v) is 4.39. The lowest BCUT2D eigenvalue weighted by Gasteiger charge is -2.41. The number of nitrogens with one attached hydrogen (secondary N) is 1. The summed E-state index contributed by atoms with van der Waals surface area (Å²) in [5.74, 6) is 2.52. The first kappa shape index (κ1) is 18.0. The number of amides is 2. The highest BCUT2D eigenvalue weighted by Crippen LogP contribution is 2.36. The Morgan fingerprint density at radius 3 is 2.96 bits per heavy atom. The number of nitrogens with zero attached hydrogens (tertiary/aromatic N) is 3. The molecule has 27 heavy (non-hydrogen) atoms. The molecule has 7 nitrogen and oxygen atoms in total. The van der Waals surface area contributed by atoms with Crippen LogP contribution in [0.15, 0.2) is 23.7 Å². The number of rotatable bonds is 4. The summed E-state index contributed by atoms with van der Waals surface area (Å²) in [6.45, 7) is 5.29. The van der Waals surface area contributed by atoms with Crippen molar-refractivity contribution in [3.63, 3.8) is 0 Å².